The Kier molecular flexibility index (Phi) is 10.6. The lowest BCUT2D eigenvalue weighted by Gasteiger charge is -2.41. The molecule has 0 unspecified atom stereocenters. The highest BCUT2D eigenvalue weighted by Gasteiger charge is 2.51. The highest BCUT2D eigenvalue weighted by atomic mass is 35.5. The first-order chi connectivity index (χ1) is 22.4. The van der Waals surface area contributed by atoms with Gasteiger partial charge in [-0.25, -0.2) is 0 Å². The monoisotopic (exact) mass is 669 g/mol. The number of halogens is 1. The van der Waals surface area contributed by atoms with Gasteiger partial charge in [-0.15, -0.1) is 0 Å². The number of benzene rings is 1. The minimum atomic E-state index is -0.576. The molecule has 1 aromatic rings. The largest absolute Gasteiger partial charge is 0.368 e. The molecule has 0 bridgehead atoms. The smallest absolute Gasteiger partial charge is 0.252 e. The van der Waals surface area contributed by atoms with E-state index < -0.39 is 12.1 Å². The SMILES string of the molecule is CN1CCN(C(=O)[C@@H]2C[C@@H](N(C(=O)[C@@H]3CCCO3)[C@H]3CC[C@@H](C)CC3)CN2C(=O)[C@@H]2CN(C(C)(C)C)C[C@H]2c2ccc(Cl)cc2)CC1. The number of nitrogens with zero attached hydrogens (tertiary/aromatic N) is 5. The Morgan fingerprint density at radius 2 is 1.55 bits per heavy atom. The van der Waals surface area contributed by atoms with Crippen LogP contribution in [0.1, 0.15) is 84.1 Å². The summed E-state index contributed by atoms with van der Waals surface area (Å²) < 4.78 is 5.95. The molecule has 6 rings (SSSR count). The minimum absolute atomic E-state index is 0.0121. The normalized spacial score (nSPS) is 32.6. The number of hydrogen-bond donors (Lipinski definition) is 0. The van der Waals surface area contributed by atoms with Gasteiger partial charge in [0.15, 0.2) is 0 Å². The van der Waals surface area contributed by atoms with Gasteiger partial charge in [0.05, 0.1) is 12.0 Å². The van der Waals surface area contributed by atoms with Crippen molar-refractivity contribution in [1.82, 2.24) is 24.5 Å². The summed E-state index contributed by atoms with van der Waals surface area (Å²) in [6, 6.07) is 7.24. The molecule has 0 spiro atoms. The molecular weight excluding hydrogens is 614 g/mol. The average molecular weight is 670 g/mol. The molecule has 4 aliphatic heterocycles. The minimum Gasteiger partial charge on any atom is -0.368 e. The predicted octanol–water partition coefficient (Wildman–Crippen LogP) is 4.48. The number of likely N-dealkylation sites (tertiary alicyclic amines) is 2. The topological polar surface area (TPSA) is 76.6 Å². The first-order valence-corrected chi connectivity index (χ1v) is 18.5. The van der Waals surface area contributed by atoms with Crippen LogP contribution in [0.2, 0.25) is 5.02 Å². The lowest BCUT2D eigenvalue weighted by Crippen LogP contribution is -2.54. The van der Waals surface area contributed by atoms with Gasteiger partial charge in [0.25, 0.3) is 5.91 Å². The molecule has 0 radical (unpaired) electrons. The fourth-order valence-electron chi connectivity index (χ4n) is 8.71. The molecule has 4 saturated heterocycles. The third kappa shape index (κ3) is 7.53. The summed E-state index contributed by atoms with van der Waals surface area (Å²) >= 11 is 6.28. The molecule has 3 amide bonds. The molecule has 10 heteroatoms. The van der Waals surface area contributed by atoms with Crippen molar-refractivity contribution in [2.24, 2.45) is 11.8 Å². The van der Waals surface area contributed by atoms with Crippen LogP contribution in [0.25, 0.3) is 0 Å². The van der Waals surface area contributed by atoms with Crippen LogP contribution in [-0.4, -0.2) is 131 Å². The zero-order chi connectivity index (χ0) is 33.5. The van der Waals surface area contributed by atoms with E-state index in [1.54, 1.807) is 0 Å². The fourth-order valence-corrected chi connectivity index (χ4v) is 8.84. The number of carbonyl (C=O) groups excluding carboxylic acids is 3. The molecule has 5 fully saturated rings. The predicted molar refractivity (Wildman–Crippen MR) is 184 cm³/mol. The molecule has 1 aliphatic carbocycles. The van der Waals surface area contributed by atoms with Gasteiger partial charge in [-0.05, 0) is 96.4 Å². The number of ether oxygens (including phenoxy) is 1. The molecule has 9 nitrogen and oxygen atoms in total. The Hall–Kier alpha value is -2.20. The second kappa shape index (κ2) is 14.3. The molecule has 5 atom stereocenters. The summed E-state index contributed by atoms with van der Waals surface area (Å²) in [5.41, 5.74) is 0.994. The zero-order valence-corrected chi connectivity index (χ0v) is 30.0. The van der Waals surface area contributed by atoms with Crippen LogP contribution in [0, 0.1) is 11.8 Å². The van der Waals surface area contributed by atoms with Gasteiger partial charge in [0.2, 0.25) is 11.8 Å². The number of carbonyl (C=O) groups is 3. The zero-order valence-electron chi connectivity index (χ0n) is 29.2. The lowest BCUT2D eigenvalue weighted by molar-refractivity contribution is -0.148. The average Bonchev–Trinajstić information content (AvgIpc) is 3.83. The van der Waals surface area contributed by atoms with Crippen molar-refractivity contribution in [3.63, 3.8) is 0 Å². The number of hydrogen-bond acceptors (Lipinski definition) is 6. The van der Waals surface area contributed by atoms with E-state index in [4.69, 9.17) is 16.3 Å². The second-order valence-corrected chi connectivity index (χ2v) is 16.5. The van der Waals surface area contributed by atoms with Crippen molar-refractivity contribution < 1.29 is 19.1 Å². The third-order valence-electron chi connectivity index (χ3n) is 11.8. The molecule has 4 heterocycles. The van der Waals surface area contributed by atoms with Crippen molar-refractivity contribution in [2.75, 3.05) is 59.5 Å². The number of piperazine rings is 1. The summed E-state index contributed by atoms with van der Waals surface area (Å²) in [7, 11) is 2.08. The Morgan fingerprint density at radius 3 is 2.17 bits per heavy atom. The lowest BCUT2D eigenvalue weighted by atomic mass is 9.85. The van der Waals surface area contributed by atoms with Crippen molar-refractivity contribution >= 4 is 29.3 Å². The molecule has 1 saturated carbocycles. The van der Waals surface area contributed by atoms with Gasteiger partial charge >= 0.3 is 0 Å². The summed E-state index contributed by atoms with van der Waals surface area (Å²) in [6.07, 6.45) is 5.80. The Balaban J connectivity index is 1.32. The number of rotatable bonds is 6. The summed E-state index contributed by atoms with van der Waals surface area (Å²) in [5.74, 6) is 0.470. The van der Waals surface area contributed by atoms with E-state index in [1.807, 2.05) is 34.1 Å². The first kappa shape index (κ1) is 34.7. The molecule has 47 heavy (non-hydrogen) atoms. The molecule has 260 valence electrons. The maximum absolute atomic E-state index is 15.0. The van der Waals surface area contributed by atoms with Crippen LogP contribution in [-0.2, 0) is 19.1 Å². The van der Waals surface area contributed by atoms with Crippen molar-refractivity contribution in [3.8, 4) is 0 Å². The molecule has 5 aliphatic rings. The van der Waals surface area contributed by atoms with E-state index in [0.29, 0.717) is 50.1 Å². The standard InChI is InChI=1S/C37H56ClN5O4/c1-25-8-14-28(15-9-25)43(36(46)33-7-6-20-47-33)29-21-32(35(45)40-18-16-39(5)17-19-40)42(22-29)34(44)31-24-41(37(2,3)4)23-30(31)26-10-12-27(38)13-11-26/h10-13,25,28-33H,6-9,14-24H2,1-5H3/t25-,28+,29-,30+,31-,32+,33+/m1/s1. The second-order valence-electron chi connectivity index (χ2n) is 16.0. The molecule has 1 aromatic carbocycles. The van der Waals surface area contributed by atoms with E-state index in [0.717, 1.165) is 63.7 Å². The van der Waals surface area contributed by atoms with Crippen molar-refractivity contribution in [3.05, 3.63) is 34.9 Å². The van der Waals surface area contributed by atoms with Gasteiger partial charge < -0.3 is 24.3 Å². The van der Waals surface area contributed by atoms with E-state index in [2.05, 4.69) is 49.4 Å². The van der Waals surface area contributed by atoms with E-state index >= 15 is 4.79 Å². The maximum atomic E-state index is 15.0. The Labute approximate surface area is 286 Å². The van der Waals surface area contributed by atoms with Crippen molar-refractivity contribution in [1.29, 1.82) is 0 Å². The van der Waals surface area contributed by atoms with E-state index in [9.17, 15) is 9.59 Å². The third-order valence-corrected chi connectivity index (χ3v) is 12.0. The summed E-state index contributed by atoms with van der Waals surface area (Å²) in [4.78, 5) is 54.3. The number of likely N-dealkylation sites (N-methyl/N-ethyl adjacent to an activating group) is 1. The molecule has 0 aromatic heterocycles. The van der Waals surface area contributed by atoms with Gasteiger partial charge in [0.1, 0.15) is 12.1 Å². The van der Waals surface area contributed by atoms with Crippen LogP contribution >= 0.6 is 11.6 Å². The number of amides is 3. The van der Waals surface area contributed by atoms with Crippen LogP contribution in [0.15, 0.2) is 24.3 Å². The van der Waals surface area contributed by atoms with Gasteiger partial charge in [-0.1, -0.05) is 30.7 Å². The van der Waals surface area contributed by atoms with Gasteiger partial charge in [-0.3, -0.25) is 19.3 Å². The fraction of sp³-hybridized carbons (Fsp3) is 0.757. The summed E-state index contributed by atoms with van der Waals surface area (Å²) in [6.45, 7) is 14.3. The van der Waals surface area contributed by atoms with Crippen molar-refractivity contribution in [2.45, 2.75) is 108 Å². The first-order valence-electron chi connectivity index (χ1n) is 18.1. The van der Waals surface area contributed by atoms with Crippen LogP contribution < -0.4 is 0 Å². The molecule has 0 N–H and O–H groups in total. The van der Waals surface area contributed by atoms with Crippen LogP contribution in [0.3, 0.4) is 0 Å². The van der Waals surface area contributed by atoms with Crippen LogP contribution in [0.5, 0.6) is 0 Å². The van der Waals surface area contributed by atoms with Crippen LogP contribution in [0.4, 0.5) is 0 Å². The maximum Gasteiger partial charge on any atom is 0.252 e. The van der Waals surface area contributed by atoms with E-state index in [-0.39, 0.29) is 47.2 Å². The highest BCUT2D eigenvalue weighted by Crippen LogP contribution is 2.40. The van der Waals surface area contributed by atoms with Gasteiger partial charge in [0, 0.05) is 74.9 Å². The highest BCUT2D eigenvalue weighted by molar-refractivity contribution is 6.30. The summed E-state index contributed by atoms with van der Waals surface area (Å²) in [5, 5.41) is 0.677. The Morgan fingerprint density at radius 1 is 0.872 bits per heavy atom. The van der Waals surface area contributed by atoms with E-state index in [1.165, 1.54) is 0 Å². The molecular formula is C37H56ClN5O4. The quantitative estimate of drug-likeness (QED) is 0.445. The Bertz CT molecular complexity index is 1260. The van der Waals surface area contributed by atoms with Gasteiger partial charge in [-0.2, -0.15) is 0 Å².